The molecule has 0 spiro atoms. The van der Waals surface area contributed by atoms with Crippen molar-refractivity contribution in [2.24, 2.45) is 5.41 Å². The molecule has 4 heteroatoms. The normalized spacial score (nSPS) is 10.9. The molecule has 4 nitrogen and oxygen atoms in total. The van der Waals surface area contributed by atoms with Crippen LogP contribution < -0.4 is 5.32 Å². The summed E-state index contributed by atoms with van der Waals surface area (Å²) < 4.78 is 0. The molecule has 0 aromatic carbocycles. The molecule has 0 aliphatic rings. The summed E-state index contributed by atoms with van der Waals surface area (Å²) in [5, 5.41) is 21.1. The van der Waals surface area contributed by atoms with Crippen molar-refractivity contribution in [2.45, 2.75) is 20.8 Å². The van der Waals surface area contributed by atoms with Crippen LogP contribution in [-0.2, 0) is 0 Å². The molecule has 0 amide bonds. The fourth-order valence-electron chi connectivity index (χ4n) is 1.21. The maximum Gasteiger partial charge on any atom is 0.127 e. The van der Waals surface area contributed by atoms with Gasteiger partial charge in [0.15, 0.2) is 0 Å². The van der Waals surface area contributed by atoms with E-state index >= 15 is 0 Å². The van der Waals surface area contributed by atoms with Gasteiger partial charge in [0, 0.05) is 24.3 Å². The third-order valence-electron chi connectivity index (χ3n) is 2.26. The lowest BCUT2D eigenvalue weighted by molar-refractivity contribution is 0.170. The Balaban J connectivity index is 2.75. The molecule has 0 fully saturated rings. The van der Waals surface area contributed by atoms with Gasteiger partial charge in [0.05, 0.1) is 11.6 Å². The Morgan fingerprint density at radius 1 is 1.50 bits per heavy atom. The smallest absolute Gasteiger partial charge is 0.127 e. The number of pyridine rings is 1. The number of nitrogens with zero attached hydrogens (tertiary/aromatic N) is 2. The van der Waals surface area contributed by atoms with Crippen molar-refractivity contribution < 1.29 is 5.11 Å². The SMILES string of the molecule is Cc1cc(C#N)cc(NCC(C)(C)CO)n1. The number of aliphatic hydroxyl groups is 1. The zero-order valence-corrected chi connectivity index (χ0v) is 9.91. The third kappa shape index (κ3) is 3.52. The molecule has 0 atom stereocenters. The molecule has 0 aliphatic carbocycles. The van der Waals surface area contributed by atoms with E-state index in [-0.39, 0.29) is 12.0 Å². The van der Waals surface area contributed by atoms with E-state index in [2.05, 4.69) is 16.4 Å². The Kier molecular flexibility index (Phi) is 3.86. The maximum absolute atomic E-state index is 9.11. The molecule has 0 unspecified atom stereocenters. The first-order chi connectivity index (χ1) is 7.46. The molecule has 2 N–H and O–H groups in total. The van der Waals surface area contributed by atoms with Crippen LogP contribution in [0.5, 0.6) is 0 Å². The van der Waals surface area contributed by atoms with Gasteiger partial charge in [-0.15, -0.1) is 0 Å². The second-order valence-electron chi connectivity index (χ2n) is 4.67. The largest absolute Gasteiger partial charge is 0.396 e. The summed E-state index contributed by atoms with van der Waals surface area (Å²) in [7, 11) is 0. The summed E-state index contributed by atoms with van der Waals surface area (Å²) in [6.45, 7) is 6.49. The molecule has 0 saturated heterocycles. The van der Waals surface area contributed by atoms with Gasteiger partial charge in [0.1, 0.15) is 5.82 Å². The molecule has 86 valence electrons. The van der Waals surface area contributed by atoms with Gasteiger partial charge in [0.2, 0.25) is 0 Å². The first-order valence-corrected chi connectivity index (χ1v) is 5.20. The number of rotatable bonds is 4. The summed E-state index contributed by atoms with van der Waals surface area (Å²) in [6.07, 6.45) is 0. The number of nitriles is 1. The van der Waals surface area contributed by atoms with Crippen LogP contribution in [0.25, 0.3) is 0 Å². The van der Waals surface area contributed by atoms with E-state index in [1.807, 2.05) is 20.8 Å². The molecule has 0 radical (unpaired) electrons. The standard InChI is InChI=1S/C12H17N3O/c1-9-4-10(6-13)5-11(15-9)14-7-12(2,3)8-16/h4-5,16H,7-8H2,1-3H3,(H,14,15). The average molecular weight is 219 g/mol. The lowest BCUT2D eigenvalue weighted by atomic mass is 9.95. The second kappa shape index (κ2) is 4.95. The van der Waals surface area contributed by atoms with Crippen LogP contribution in [0, 0.1) is 23.7 Å². The van der Waals surface area contributed by atoms with Gasteiger partial charge in [-0.25, -0.2) is 4.98 Å². The van der Waals surface area contributed by atoms with Gasteiger partial charge in [-0.3, -0.25) is 0 Å². The molecule has 0 saturated carbocycles. The summed E-state index contributed by atoms with van der Waals surface area (Å²) in [5.41, 5.74) is 1.21. The molecular weight excluding hydrogens is 202 g/mol. The fraction of sp³-hybridized carbons (Fsp3) is 0.500. The highest BCUT2D eigenvalue weighted by Crippen LogP contribution is 2.16. The van der Waals surface area contributed by atoms with E-state index in [0.717, 1.165) is 5.69 Å². The molecule has 1 aromatic rings. The Morgan fingerprint density at radius 3 is 2.75 bits per heavy atom. The van der Waals surface area contributed by atoms with Gasteiger partial charge in [-0.05, 0) is 19.1 Å². The third-order valence-corrected chi connectivity index (χ3v) is 2.26. The second-order valence-corrected chi connectivity index (χ2v) is 4.67. The fourth-order valence-corrected chi connectivity index (χ4v) is 1.21. The highest BCUT2D eigenvalue weighted by molar-refractivity contribution is 5.44. The van der Waals surface area contributed by atoms with E-state index in [4.69, 9.17) is 10.4 Å². The van der Waals surface area contributed by atoms with Gasteiger partial charge in [-0.2, -0.15) is 5.26 Å². The minimum atomic E-state index is -0.196. The summed E-state index contributed by atoms with van der Waals surface area (Å²) >= 11 is 0. The van der Waals surface area contributed by atoms with Crippen molar-refractivity contribution in [1.29, 1.82) is 5.26 Å². The van der Waals surface area contributed by atoms with E-state index in [1.165, 1.54) is 0 Å². The van der Waals surface area contributed by atoms with E-state index in [9.17, 15) is 0 Å². The number of anilines is 1. The monoisotopic (exact) mass is 219 g/mol. The van der Waals surface area contributed by atoms with E-state index < -0.39 is 0 Å². The van der Waals surface area contributed by atoms with E-state index in [0.29, 0.717) is 17.9 Å². The molecule has 1 aromatic heterocycles. The topological polar surface area (TPSA) is 68.9 Å². The molecular formula is C12H17N3O. The zero-order valence-electron chi connectivity index (χ0n) is 9.91. The predicted octanol–water partition coefficient (Wildman–Crippen LogP) is 1.69. The quantitative estimate of drug-likeness (QED) is 0.808. The van der Waals surface area contributed by atoms with Crippen LogP contribution in [-0.4, -0.2) is 23.2 Å². The van der Waals surface area contributed by atoms with E-state index in [1.54, 1.807) is 12.1 Å². The van der Waals surface area contributed by atoms with Crippen molar-refractivity contribution in [3.8, 4) is 6.07 Å². The lowest BCUT2D eigenvalue weighted by Crippen LogP contribution is -2.27. The number of aryl methyl sites for hydroxylation is 1. The van der Waals surface area contributed by atoms with Crippen LogP contribution in [0.15, 0.2) is 12.1 Å². The maximum atomic E-state index is 9.11. The predicted molar refractivity (Wildman–Crippen MR) is 63.0 cm³/mol. The molecule has 0 aliphatic heterocycles. The average Bonchev–Trinajstić information content (AvgIpc) is 2.26. The first kappa shape index (κ1) is 12.5. The number of aromatic nitrogens is 1. The summed E-state index contributed by atoms with van der Waals surface area (Å²) in [4.78, 5) is 4.28. The summed E-state index contributed by atoms with van der Waals surface area (Å²) in [6, 6.07) is 5.54. The highest BCUT2D eigenvalue weighted by atomic mass is 16.3. The number of hydrogen-bond donors (Lipinski definition) is 2. The number of nitrogens with one attached hydrogen (secondary N) is 1. The Labute approximate surface area is 95.9 Å². The van der Waals surface area contributed by atoms with Gasteiger partial charge >= 0.3 is 0 Å². The van der Waals surface area contributed by atoms with Gasteiger partial charge < -0.3 is 10.4 Å². The Morgan fingerprint density at radius 2 is 2.19 bits per heavy atom. The lowest BCUT2D eigenvalue weighted by Gasteiger charge is -2.22. The van der Waals surface area contributed by atoms with Crippen molar-refractivity contribution in [3.05, 3.63) is 23.4 Å². The van der Waals surface area contributed by atoms with Crippen LogP contribution in [0.2, 0.25) is 0 Å². The molecule has 1 rings (SSSR count). The zero-order chi connectivity index (χ0) is 12.2. The molecule has 1 heterocycles. The van der Waals surface area contributed by atoms with Crippen molar-refractivity contribution >= 4 is 5.82 Å². The van der Waals surface area contributed by atoms with Crippen LogP contribution >= 0.6 is 0 Å². The minimum Gasteiger partial charge on any atom is -0.396 e. The van der Waals surface area contributed by atoms with Crippen LogP contribution in [0.3, 0.4) is 0 Å². The van der Waals surface area contributed by atoms with Crippen molar-refractivity contribution in [2.75, 3.05) is 18.5 Å². The van der Waals surface area contributed by atoms with Gasteiger partial charge in [0.25, 0.3) is 0 Å². The summed E-state index contributed by atoms with van der Waals surface area (Å²) in [5.74, 6) is 0.679. The first-order valence-electron chi connectivity index (χ1n) is 5.20. The van der Waals surface area contributed by atoms with Gasteiger partial charge in [-0.1, -0.05) is 13.8 Å². The Hall–Kier alpha value is -1.60. The number of hydrogen-bond acceptors (Lipinski definition) is 4. The molecule has 16 heavy (non-hydrogen) atoms. The number of aliphatic hydroxyl groups excluding tert-OH is 1. The molecule has 0 bridgehead atoms. The van der Waals surface area contributed by atoms with Crippen molar-refractivity contribution in [3.63, 3.8) is 0 Å². The Bertz CT molecular complexity index is 407. The highest BCUT2D eigenvalue weighted by Gasteiger charge is 2.16. The minimum absolute atomic E-state index is 0.108. The van der Waals surface area contributed by atoms with Crippen LogP contribution in [0.4, 0.5) is 5.82 Å². The van der Waals surface area contributed by atoms with Crippen LogP contribution in [0.1, 0.15) is 25.1 Å². The van der Waals surface area contributed by atoms with Crippen molar-refractivity contribution in [1.82, 2.24) is 4.98 Å².